The maximum atomic E-state index is 5.51. The van der Waals surface area contributed by atoms with Crippen molar-refractivity contribution in [1.82, 2.24) is 14.8 Å². The fourth-order valence-corrected chi connectivity index (χ4v) is 1.36. The SMILES string of the molecule is Cc1nnc(CN)n1C1CC1.Cl.Cl. The van der Waals surface area contributed by atoms with Crippen molar-refractivity contribution >= 4 is 24.8 Å². The molecule has 1 heterocycles. The van der Waals surface area contributed by atoms with Crippen LogP contribution in [0.25, 0.3) is 0 Å². The van der Waals surface area contributed by atoms with Crippen LogP contribution in [-0.4, -0.2) is 14.8 Å². The van der Waals surface area contributed by atoms with Crippen LogP contribution in [0.4, 0.5) is 0 Å². The number of rotatable bonds is 2. The van der Waals surface area contributed by atoms with Crippen molar-refractivity contribution < 1.29 is 0 Å². The van der Waals surface area contributed by atoms with Crippen molar-refractivity contribution in [1.29, 1.82) is 0 Å². The third-order valence-electron chi connectivity index (χ3n) is 2.03. The van der Waals surface area contributed by atoms with Gasteiger partial charge in [0.1, 0.15) is 11.6 Å². The molecule has 1 aromatic heterocycles. The van der Waals surface area contributed by atoms with Crippen molar-refractivity contribution in [2.45, 2.75) is 32.4 Å². The Balaban J connectivity index is 0.000000720. The summed E-state index contributed by atoms with van der Waals surface area (Å²) >= 11 is 0. The van der Waals surface area contributed by atoms with Crippen LogP contribution in [0.15, 0.2) is 0 Å². The molecule has 76 valence electrons. The second-order valence-electron chi connectivity index (χ2n) is 2.97. The smallest absolute Gasteiger partial charge is 0.147 e. The number of hydrogen-bond donors (Lipinski definition) is 1. The molecular formula is C7H14Cl2N4. The zero-order valence-corrected chi connectivity index (χ0v) is 9.07. The lowest BCUT2D eigenvalue weighted by molar-refractivity contribution is 0.663. The fourth-order valence-electron chi connectivity index (χ4n) is 1.36. The molecule has 0 amide bonds. The third kappa shape index (κ3) is 2.33. The average molecular weight is 225 g/mol. The Labute approximate surface area is 89.7 Å². The number of halogens is 2. The predicted molar refractivity (Wildman–Crippen MR) is 55.4 cm³/mol. The lowest BCUT2D eigenvalue weighted by Crippen LogP contribution is -2.08. The highest BCUT2D eigenvalue weighted by atomic mass is 35.5. The average Bonchev–Trinajstić information content (AvgIpc) is 2.76. The van der Waals surface area contributed by atoms with Gasteiger partial charge in [-0.1, -0.05) is 0 Å². The van der Waals surface area contributed by atoms with E-state index in [4.69, 9.17) is 5.73 Å². The number of nitrogens with two attached hydrogens (primary N) is 1. The van der Waals surface area contributed by atoms with E-state index in [1.165, 1.54) is 12.8 Å². The van der Waals surface area contributed by atoms with Crippen molar-refractivity contribution in [3.8, 4) is 0 Å². The van der Waals surface area contributed by atoms with Crippen LogP contribution < -0.4 is 5.73 Å². The van der Waals surface area contributed by atoms with E-state index in [9.17, 15) is 0 Å². The summed E-state index contributed by atoms with van der Waals surface area (Å²) in [5, 5.41) is 7.97. The minimum absolute atomic E-state index is 0. The van der Waals surface area contributed by atoms with Crippen molar-refractivity contribution in [2.24, 2.45) is 5.73 Å². The Kier molecular flexibility index (Phi) is 4.67. The van der Waals surface area contributed by atoms with Gasteiger partial charge in [0, 0.05) is 6.04 Å². The normalized spacial score (nSPS) is 14.6. The maximum Gasteiger partial charge on any atom is 0.147 e. The van der Waals surface area contributed by atoms with E-state index in [2.05, 4.69) is 14.8 Å². The molecule has 0 radical (unpaired) electrons. The Morgan fingerprint density at radius 2 is 2.00 bits per heavy atom. The highest BCUT2D eigenvalue weighted by Gasteiger charge is 2.27. The van der Waals surface area contributed by atoms with E-state index >= 15 is 0 Å². The molecule has 4 nitrogen and oxygen atoms in total. The molecule has 0 aromatic carbocycles. The monoisotopic (exact) mass is 224 g/mol. The first kappa shape index (κ1) is 12.7. The van der Waals surface area contributed by atoms with Crippen LogP contribution in [0.2, 0.25) is 0 Å². The first-order valence-corrected chi connectivity index (χ1v) is 3.93. The Morgan fingerprint density at radius 1 is 1.38 bits per heavy atom. The van der Waals surface area contributed by atoms with Crippen LogP contribution >= 0.6 is 24.8 Å². The summed E-state index contributed by atoms with van der Waals surface area (Å²) in [6.45, 7) is 2.47. The van der Waals surface area contributed by atoms with Crippen molar-refractivity contribution in [3.05, 3.63) is 11.6 Å². The zero-order chi connectivity index (χ0) is 7.84. The first-order valence-electron chi connectivity index (χ1n) is 3.93. The molecule has 1 fully saturated rings. The second kappa shape index (κ2) is 4.79. The van der Waals surface area contributed by atoms with E-state index in [0.717, 1.165) is 11.6 Å². The molecule has 0 saturated heterocycles. The van der Waals surface area contributed by atoms with Gasteiger partial charge in [-0.3, -0.25) is 0 Å². The van der Waals surface area contributed by atoms with E-state index in [-0.39, 0.29) is 24.8 Å². The van der Waals surface area contributed by atoms with Crippen LogP contribution in [0.5, 0.6) is 0 Å². The molecule has 0 atom stereocenters. The number of aromatic nitrogens is 3. The quantitative estimate of drug-likeness (QED) is 0.823. The van der Waals surface area contributed by atoms with E-state index in [1.807, 2.05) is 6.92 Å². The molecule has 2 N–H and O–H groups in total. The molecule has 0 unspecified atom stereocenters. The maximum absolute atomic E-state index is 5.51. The minimum Gasteiger partial charge on any atom is -0.324 e. The van der Waals surface area contributed by atoms with Crippen LogP contribution in [0.1, 0.15) is 30.5 Å². The van der Waals surface area contributed by atoms with Gasteiger partial charge in [-0.15, -0.1) is 35.0 Å². The predicted octanol–water partition coefficient (Wildman–Crippen LogP) is 1.22. The fraction of sp³-hybridized carbons (Fsp3) is 0.714. The molecule has 6 heteroatoms. The summed E-state index contributed by atoms with van der Waals surface area (Å²) in [5.41, 5.74) is 5.51. The van der Waals surface area contributed by atoms with Crippen molar-refractivity contribution in [2.75, 3.05) is 0 Å². The molecule has 2 rings (SSSR count). The highest BCUT2D eigenvalue weighted by Crippen LogP contribution is 2.36. The van der Waals surface area contributed by atoms with Crippen molar-refractivity contribution in [3.63, 3.8) is 0 Å². The number of aryl methyl sites for hydroxylation is 1. The molecule has 0 bridgehead atoms. The second-order valence-corrected chi connectivity index (χ2v) is 2.97. The summed E-state index contributed by atoms with van der Waals surface area (Å²) in [4.78, 5) is 0. The van der Waals surface area contributed by atoms with Crippen LogP contribution in [0.3, 0.4) is 0 Å². The van der Waals surface area contributed by atoms with Gasteiger partial charge < -0.3 is 10.3 Å². The molecule has 1 aromatic rings. The topological polar surface area (TPSA) is 56.7 Å². The summed E-state index contributed by atoms with van der Waals surface area (Å²) in [6.07, 6.45) is 2.51. The van der Waals surface area contributed by atoms with Gasteiger partial charge in [-0.25, -0.2) is 0 Å². The molecule has 1 saturated carbocycles. The molecule has 0 spiro atoms. The molecule has 13 heavy (non-hydrogen) atoms. The van der Waals surface area contributed by atoms with Gasteiger partial charge in [-0.2, -0.15) is 0 Å². The van der Waals surface area contributed by atoms with E-state index in [1.54, 1.807) is 0 Å². The van der Waals surface area contributed by atoms with Crippen LogP contribution in [-0.2, 0) is 6.54 Å². The van der Waals surface area contributed by atoms with Crippen LogP contribution in [0, 0.1) is 6.92 Å². The summed E-state index contributed by atoms with van der Waals surface area (Å²) < 4.78 is 2.15. The van der Waals surface area contributed by atoms with Gasteiger partial charge in [0.15, 0.2) is 0 Å². The van der Waals surface area contributed by atoms with Gasteiger partial charge in [-0.05, 0) is 19.8 Å². The third-order valence-corrected chi connectivity index (χ3v) is 2.03. The standard InChI is InChI=1S/C7H12N4.2ClH/c1-5-9-10-7(4-8)11(5)6-2-3-6;;/h6H,2-4,8H2,1H3;2*1H. The lowest BCUT2D eigenvalue weighted by Gasteiger charge is -2.03. The van der Waals surface area contributed by atoms with E-state index in [0.29, 0.717) is 12.6 Å². The molecule has 1 aliphatic rings. The summed E-state index contributed by atoms with van der Waals surface area (Å²) in [7, 11) is 0. The molecule has 0 aliphatic heterocycles. The number of nitrogens with zero attached hydrogens (tertiary/aromatic N) is 3. The van der Waals surface area contributed by atoms with E-state index < -0.39 is 0 Å². The molecular weight excluding hydrogens is 211 g/mol. The van der Waals surface area contributed by atoms with Gasteiger partial charge in [0.2, 0.25) is 0 Å². The van der Waals surface area contributed by atoms with Gasteiger partial charge in [0.05, 0.1) is 6.54 Å². The summed E-state index contributed by atoms with van der Waals surface area (Å²) in [5.74, 6) is 1.91. The Bertz CT molecular complexity index is 269. The minimum atomic E-state index is 0. The summed E-state index contributed by atoms with van der Waals surface area (Å²) in [6, 6.07) is 0.642. The van der Waals surface area contributed by atoms with Gasteiger partial charge in [0.25, 0.3) is 0 Å². The Morgan fingerprint density at radius 3 is 2.46 bits per heavy atom. The van der Waals surface area contributed by atoms with Gasteiger partial charge >= 0.3 is 0 Å². The first-order chi connectivity index (χ1) is 5.33. The number of hydrogen-bond acceptors (Lipinski definition) is 3. The zero-order valence-electron chi connectivity index (χ0n) is 7.43. The largest absolute Gasteiger partial charge is 0.324 e. The lowest BCUT2D eigenvalue weighted by atomic mass is 10.5. The Hall–Kier alpha value is -0.320. The molecule has 1 aliphatic carbocycles. The highest BCUT2D eigenvalue weighted by molar-refractivity contribution is 5.85.